The molecule has 0 saturated carbocycles. The summed E-state index contributed by atoms with van der Waals surface area (Å²) in [5, 5.41) is 14.6. The van der Waals surface area contributed by atoms with E-state index in [2.05, 4.69) is 17.2 Å². The summed E-state index contributed by atoms with van der Waals surface area (Å²) >= 11 is 3.50. The van der Waals surface area contributed by atoms with Gasteiger partial charge >= 0.3 is 13.1 Å². The van der Waals surface area contributed by atoms with Crippen molar-refractivity contribution in [2.45, 2.75) is 38.2 Å². The Bertz CT molecular complexity index is 799. The fraction of sp³-hybridized carbons (Fsp3) is 0.421. The molecule has 3 amide bonds. The molecule has 1 heterocycles. The predicted molar refractivity (Wildman–Crippen MR) is 131 cm³/mol. The molecule has 1 aliphatic heterocycles. The standard InChI is InChI=1S/C19H23BI2N4O4/c1-13-5-7-15(8-6-13)10-17(20(29-21)30-22)25-19(28)24-12-16-4-3-9-26(16)18(27)14(2)11-23/h5-8,16-17H,2-4,9-10,12H2,1H3,(H2,24,25,28). The fourth-order valence-electron chi connectivity index (χ4n) is 3.30. The Morgan fingerprint density at radius 1 is 1.37 bits per heavy atom. The van der Waals surface area contributed by atoms with Crippen LogP contribution in [-0.4, -0.2) is 49.0 Å². The van der Waals surface area contributed by atoms with E-state index in [1.54, 1.807) is 57.0 Å². The van der Waals surface area contributed by atoms with E-state index >= 15 is 0 Å². The van der Waals surface area contributed by atoms with Crippen LogP contribution in [0.2, 0.25) is 0 Å². The van der Waals surface area contributed by atoms with Crippen molar-refractivity contribution in [1.29, 1.82) is 5.26 Å². The van der Waals surface area contributed by atoms with E-state index in [9.17, 15) is 9.59 Å². The third kappa shape index (κ3) is 7.10. The minimum atomic E-state index is -0.637. The predicted octanol–water partition coefficient (Wildman–Crippen LogP) is 3.04. The zero-order valence-electron chi connectivity index (χ0n) is 16.6. The highest BCUT2D eigenvalue weighted by molar-refractivity contribution is 14.1. The second kappa shape index (κ2) is 12.5. The van der Waals surface area contributed by atoms with Crippen LogP contribution in [-0.2, 0) is 17.2 Å². The van der Waals surface area contributed by atoms with Gasteiger partial charge in [0.1, 0.15) is 11.6 Å². The zero-order valence-corrected chi connectivity index (χ0v) is 20.9. The lowest BCUT2D eigenvalue weighted by Crippen LogP contribution is -2.53. The molecule has 0 aromatic heterocycles. The van der Waals surface area contributed by atoms with E-state index in [0.717, 1.165) is 24.0 Å². The van der Waals surface area contributed by atoms with Crippen LogP contribution >= 0.6 is 46.0 Å². The van der Waals surface area contributed by atoms with Crippen molar-refractivity contribution >= 4 is 65.1 Å². The molecule has 2 N–H and O–H groups in total. The number of benzene rings is 1. The van der Waals surface area contributed by atoms with Crippen LogP contribution in [0, 0.1) is 18.3 Å². The SMILES string of the molecule is C=C(C#N)C(=O)N1CCCC1CNC(=O)NC(Cc1ccc(C)cc1)B(OI)OI. The molecule has 2 unspecified atom stereocenters. The highest BCUT2D eigenvalue weighted by Crippen LogP contribution is 2.19. The second-order valence-corrected chi connectivity index (χ2v) is 8.10. The highest BCUT2D eigenvalue weighted by Gasteiger charge is 2.33. The average Bonchev–Trinajstić information content (AvgIpc) is 3.22. The van der Waals surface area contributed by atoms with Crippen LogP contribution < -0.4 is 10.6 Å². The van der Waals surface area contributed by atoms with Gasteiger partial charge in [0.05, 0.1) is 52.0 Å². The number of nitrogens with zero attached hydrogens (tertiary/aromatic N) is 2. The number of likely N-dealkylation sites (tertiary alicyclic amines) is 1. The Hall–Kier alpha value is -1.37. The second-order valence-electron chi connectivity index (χ2n) is 7.08. The molecule has 1 aromatic carbocycles. The molecule has 2 atom stereocenters. The van der Waals surface area contributed by atoms with Gasteiger partial charge in [-0.1, -0.05) is 36.4 Å². The van der Waals surface area contributed by atoms with Crippen molar-refractivity contribution < 1.29 is 15.6 Å². The van der Waals surface area contributed by atoms with Crippen LogP contribution in [0.25, 0.3) is 0 Å². The van der Waals surface area contributed by atoms with Gasteiger partial charge in [-0.2, -0.15) is 5.26 Å². The van der Waals surface area contributed by atoms with E-state index in [4.69, 9.17) is 11.2 Å². The molecule has 0 spiro atoms. The lowest BCUT2D eigenvalue weighted by Gasteiger charge is -2.25. The molecule has 8 nitrogen and oxygen atoms in total. The van der Waals surface area contributed by atoms with Crippen molar-refractivity contribution in [3.05, 3.63) is 47.5 Å². The number of halogens is 2. The van der Waals surface area contributed by atoms with E-state index in [0.29, 0.717) is 13.0 Å². The number of urea groups is 1. The van der Waals surface area contributed by atoms with Gasteiger partial charge in [0.2, 0.25) is 0 Å². The molecule has 0 bridgehead atoms. The topological polar surface area (TPSA) is 104 Å². The summed E-state index contributed by atoms with van der Waals surface area (Å²) in [6, 6.07) is 9.28. The number of rotatable bonds is 9. The van der Waals surface area contributed by atoms with Gasteiger partial charge in [-0.3, -0.25) is 4.79 Å². The maximum Gasteiger partial charge on any atom is 0.500 e. The van der Waals surface area contributed by atoms with Gasteiger partial charge in [-0.15, -0.1) is 0 Å². The first-order valence-corrected chi connectivity index (χ1v) is 11.2. The van der Waals surface area contributed by atoms with Gasteiger partial charge in [0.25, 0.3) is 5.91 Å². The lowest BCUT2D eigenvalue weighted by atomic mass is 9.76. The van der Waals surface area contributed by atoms with Crippen molar-refractivity contribution in [1.82, 2.24) is 15.5 Å². The van der Waals surface area contributed by atoms with E-state index in [1.807, 2.05) is 31.2 Å². The Balaban J connectivity index is 1.96. The Labute approximate surface area is 205 Å². The summed E-state index contributed by atoms with van der Waals surface area (Å²) in [6.07, 6.45) is 2.11. The van der Waals surface area contributed by atoms with Crippen molar-refractivity contribution in [3.8, 4) is 6.07 Å². The van der Waals surface area contributed by atoms with Gasteiger partial charge in [-0.05, 0) is 31.7 Å². The van der Waals surface area contributed by atoms with Crippen molar-refractivity contribution in [2.24, 2.45) is 0 Å². The largest absolute Gasteiger partial charge is 0.500 e. The first-order chi connectivity index (χ1) is 14.4. The fourth-order valence-corrected chi connectivity index (χ4v) is 4.61. The van der Waals surface area contributed by atoms with E-state index < -0.39 is 13.1 Å². The molecular formula is C19H23BI2N4O4. The molecule has 11 heteroatoms. The molecule has 2 rings (SSSR count). The van der Waals surface area contributed by atoms with Crippen molar-refractivity contribution in [3.63, 3.8) is 0 Å². The van der Waals surface area contributed by atoms with Crippen LogP contribution in [0.5, 0.6) is 0 Å². The van der Waals surface area contributed by atoms with Crippen LogP contribution in [0.1, 0.15) is 24.0 Å². The molecule has 1 aromatic rings. The number of aryl methyl sites for hydroxylation is 1. The summed E-state index contributed by atoms with van der Waals surface area (Å²) in [7, 11) is -0.637. The van der Waals surface area contributed by atoms with E-state index in [1.165, 1.54) is 0 Å². The Kier molecular flexibility index (Phi) is 10.4. The third-order valence-corrected chi connectivity index (χ3v) is 5.93. The van der Waals surface area contributed by atoms with Crippen LogP contribution in [0.4, 0.5) is 4.79 Å². The summed E-state index contributed by atoms with van der Waals surface area (Å²) in [6.45, 7) is 6.34. The molecule has 1 fully saturated rings. The van der Waals surface area contributed by atoms with Gasteiger partial charge in [-0.25, -0.2) is 4.79 Å². The molecule has 1 saturated heterocycles. The average molecular weight is 636 g/mol. The van der Waals surface area contributed by atoms with Crippen molar-refractivity contribution in [2.75, 3.05) is 13.1 Å². The summed E-state index contributed by atoms with van der Waals surface area (Å²) in [4.78, 5) is 26.4. The van der Waals surface area contributed by atoms with Gasteiger partial charge < -0.3 is 21.5 Å². The number of nitriles is 1. The number of hydrogen-bond donors (Lipinski definition) is 2. The minimum absolute atomic E-state index is 0.0919. The molecule has 160 valence electrons. The zero-order chi connectivity index (χ0) is 22.1. The maximum atomic E-state index is 12.5. The molecule has 1 aliphatic rings. The smallest absolute Gasteiger partial charge is 0.344 e. The number of carbonyl (C=O) groups excluding carboxylic acids is 2. The first-order valence-electron chi connectivity index (χ1n) is 9.44. The van der Waals surface area contributed by atoms with E-state index in [-0.39, 0.29) is 30.1 Å². The summed E-state index contributed by atoms with van der Waals surface area (Å²) in [5.74, 6) is -0.794. The number of amides is 3. The molecular weight excluding hydrogens is 613 g/mol. The maximum absolute atomic E-state index is 12.5. The molecule has 0 aliphatic carbocycles. The summed E-state index contributed by atoms with van der Waals surface area (Å²) < 4.78 is 10.7. The lowest BCUT2D eigenvalue weighted by molar-refractivity contribution is -0.127. The summed E-state index contributed by atoms with van der Waals surface area (Å²) in [5.41, 5.74) is 2.11. The first kappa shape index (κ1) is 24.9. The quantitative estimate of drug-likeness (QED) is 0.188. The normalized spacial score (nSPS) is 16.5. The minimum Gasteiger partial charge on any atom is -0.344 e. The monoisotopic (exact) mass is 636 g/mol. The number of nitrogens with one attached hydrogen (secondary N) is 2. The Morgan fingerprint density at radius 2 is 2.03 bits per heavy atom. The molecule has 30 heavy (non-hydrogen) atoms. The third-order valence-electron chi connectivity index (χ3n) is 4.93. The number of hydrogen-bond acceptors (Lipinski definition) is 5. The van der Waals surface area contributed by atoms with Gasteiger partial charge in [0.15, 0.2) is 0 Å². The van der Waals surface area contributed by atoms with Gasteiger partial charge in [0, 0.05) is 19.1 Å². The highest BCUT2D eigenvalue weighted by atomic mass is 127. The molecule has 0 radical (unpaired) electrons. The van der Waals surface area contributed by atoms with Crippen LogP contribution in [0.15, 0.2) is 36.4 Å². The van der Waals surface area contributed by atoms with Crippen LogP contribution in [0.3, 0.4) is 0 Å². The Morgan fingerprint density at radius 3 is 2.63 bits per heavy atom. The number of carbonyl (C=O) groups is 2.